The van der Waals surface area contributed by atoms with Crippen LogP contribution in [-0.4, -0.2) is 42.4 Å². The molecule has 0 spiro atoms. The number of hydrogen-bond donors (Lipinski definition) is 2. The Kier molecular flexibility index (Phi) is 5.89. The van der Waals surface area contributed by atoms with Crippen molar-refractivity contribution >= 4 is 21.6 Å². The van der Waals surface area contributed by atoms with Crippen LogP contribution >= 0.6 is 0 Å². The van der Waals surface area contributed by atoms with Crippen LogP contribution in [0, 0.1) is 23.3 Å². The van der Waals surface area contributed by atoms with E-state index in [0.29, 0.717) is 12.1 Å². The van der Waals surface area contributed by atoms with Crippen molar-refractivity contribution in [3.8, 4) is 0 Å². The zero-order chi connectivity index (χ0) is 22.3. The number of piperidine rings is 1. The molecule has 0 bridgehead atoms. The fourth-order valence-corrected chi connectivity index (χ4v) is 4.55. The topological polar surface area (TPSA) is 86.7 Å². The van der Waals surface area contributed by atoms with Crippen LogP contribution in [0.1, 0.15) is 30.1 Å². The highest BCUT2D eigenvalue weighted by molar-refractivity contribution is 7.89. The molecule has 0 aliphatic carbocycles. The molecule has 162 valence electrons. The minimum atomic E-state index is -4.29. The van der Waals surface area contributed by atoms with E-state index in [4.69, 9.17) is 0 Å². The van der Waals surface area contributed by atoms with Gasteiger partial charge in [-0.1, -0.05) is 0 Å². The molecule has 0 saturated carbocycles. The monoisotopic (exact) mass is 446 g/mol. The highest BCUT2D eigenvalue weighted by atomic mass is 32.2. The number of benzene rings is 2. The van der Waals surface area contributed by atoms with Crippen molar-refractivity contribution in [2.45, 2.75) is 30.3 Å². The summed E-state index contributed by atoms with van der Waals surface area (Å²) in [6.07, 6.45) is 0.325. The lowest BCUT2D eigenvalue weighted by atomic mass is 9.95. The maximum absolute atomic E-state index is 14.3. The van der Waals surface area contributed by atoms with Gasteiger partial charge in [0.2, 0.25) is 10.0 Å². The molecule has 1 heterocycles. The Morgan fingerprint density at radius 3 is 2.17 bits per heavy atom. The van der Waals surface area contributed by atoms with Crippen molar-refractivity contribution in [3.05, 3.63) is 59.2 Å². The van der Waals surface area contributed by atoms with Crippen LogP contribution in [0.4, 0.5) is 23.2 Å². The van der Waals surface area contributed by atoms with Crippen LogP contribution in [0.5, 0.6) is 0 Å². The van der Waals surface area contributed by atoms with Gasteiger partial charge in [0.1, 0.15) is 10.7 Å². The average Bonchev–Trinajstić information content (AvgIpc) is 2.65. The van der Waals surface area contributed by atoms with E-state index in [9.17, 15) is 35.9 Å². The Labute approximate surface area is 170 Å². The van der Waals surface area contributed by atoms with Crippen LogP contribution in [0.25, 0.3) is 0 Å². The van der Waals surface area contributed by atoms with E-state index < -0.39 is 55.4 Å². The highest BCUT2D eigenvalue weighted by Gasteiger charge is 2.35. The number of sulfonamides is 1. The Balaban J connectivity index is 1.87. The van der Waals surface area contributed by atoms with E-state index in [-0.39, 0.29) is 31.5 Å². The number of carbonyl (C=O) groups is 1. The minimum absolute atomic E-state index is 0.0284. The number of carbonyl (C=O) groups excluding carboxylic acids is 1. The predicted molar refractivity (Wildman–Crippen MR) is 99.3 cm³/mol. The third-order valence-corrected chi connectivity index (χ3v) is 6.77. The normalized spacial score (nSPS) is 17.0. The van der Waals surface area contributed by atoms with E-state index in [1.165, 1.54) is 0 Å². The summed E-state index contributed by atoms with van der Waals surface area (Å²) in [5, 5.41) is 12.1. The molecule has 1 saturated heterocycles. The second-order valence-corrected chi connectivity index (χ2v) is 9.16. The lowest BCUT2D eigenvalue weighted by molar-refractivity contribution is 0.0125. The number of rotatable bonds is 4. The quantitative estimate of drug-likeness (QED) is 0.559. The van der Waals surface area contributed by atoms with Crippen molar-refractivity contribution in [3.63, 3.8) is 0 Å². The first kappa shape index (κ1) is 22.2. The molecule has 0 unspecified atom stereocenters. The summed E-state index contributed by atoms with van der Waals surface area (Å²) in [6.45, 7) is 1.52. The highest BCUT2D eigenvalue weighted by Crippen LogP contribution is 2.28. The summed E-state index contributed by atoms with van der Waals surface area (Å²) in [5.74, 6) is -6.80. The van der Waals surface area contributed by atoms with Crippen molar-refractivity contribution in [1.29, 1.82) is 0 Å². The third-order valence-electron chi connectivity index (χ3n) is 4.85. The molecule has 2 N–H and O–H groups in total. The minimum Gasteiger partial charge on any atom is -0.390 e. The van der Waals surface area contributed by atoms with Gasteiger partial charge in [-0.3, -0.25) is 4.79 Å². The molecular formula is C19H18F4N2O4S. The van der Waals surface area contributed by atoms with Gasteiger partial charge in [-0.25, -0.2) is 26.0 Å². The van der Waals surface area contributed by atoms with Crippen molar-refractivity contribution in [2.75, 3.05) is 18.4 Å². The molecule has 3 rings (SSSR count). The van der Waals surface area contributed by atoms with Gasteiger partial charge < -0.3 is 10.4 Å². The lowest BCUT2D eigenvalue weighted by Crippen LogP contribution is -2.45. The molecule has 1 aliphatic heterocycles. The summed E-state index contributed by atoms with van der Waals surface area (Å²) in [5.41, 5.74) is -1.71. The molecule has 0 radical (unpaired) electrons. The van der Waals surface area contributed by atoms with Gasteiger partial charge in [0.25, 0.3) is 5.91 Å². The summed E-state index contributed by atoms with van der Waals surface area (Å²) in [7, 11) is -4.29. The molecule has 2 aromatic rings. The number of halogens is 4. The van der Waals surface area contributed by atoms with Crippen LogP contribution in [0.3, 0.4) is 0 Å². The molecular weight excluding hydrogens is 428 g/mol. The Morgan fingerprint density at radius 2 is 1.60 bits per heavy atom. The Bertz CT molecular complexity index is 1070. The summed E-state index contributed by atoms with van der Waals surface area (Å²) < 4.78 is 80.6. The fourth-order valence-electron chi connectivity index (χ4n) is 3.02. The predicted octanol–water partition coefficient (Wildman–Crippen LogP) is 3.03. The number of hydrogen-bond acceptors (Lipinski definition) is 4. The van der Waals surface area contributed by atoms with Crippen LogP contribution in [-0.2, 0) is 10.0 Å². The zero-order valence-electron chi connectivity index (χ0n) is 15.8. The second kappa shape index (κ2) is 7.97. The molecule has 0 aromatic heterocycles. The molecule has 6 nitrogen and oxygen atoms in total. The van der Waals surface area contributed by atoms with Gasteiger partial charge in [0, 0.05) is 36.5 Å². The van der Waals surface area contributed by atoms with Crippen molar-refractivity contribution < 1.29 is 35.9 Å². The van der Waals surface area contributed by atoms with E-state index in [1.54, 1.807) is 6.92 Å². The SMILES string of the molecule is CC1(O)CCN(S(=O)(=O)c2cc(C(=O)Nc3cc(F)c(F)c(F)c3)ccc2F)CC1. The molecule has 30 heavy (non-hydrogen) atoms. The van der Waals surface area contributed by atoms with Gasteiger partial charge in [-0.15, -0.1) is 0 Å². The smallest absolute Gasteiger partial charge is 0.255 e. The number of anilines is 1. The van der Waals surface area contributed by atoms with Gasteiger partial charge in [0.05, 0.1) is 5.60 Å². The maximum atomic E-state index is 14.3. The van der Waals surface area contributed by atoms with Crippen molar-refractivity contribution in [1.82, 2.24) is 4.31 Å². The zero-order valence-corrected chi connectivity index (χ0v) is 16.6. The average molecular weight is 446 g/mol. The number of nitrogens with one attached hydrogen (secondary N) is 1. The first-order valence-electron chi connectivity index (χ1n) is 8.89. The van der Waals surface area contributed by atoms with E-state index in [1.807, 2.05) is 0 Å². The van der Waals surface area contributed by atoms with E-state index >= 15 is 0 Å². The van der Waals surface area contributed by atoms with E-state index in [2.05, 4.69) is 5.32 Å². The van der Waals surface area contributed by atoms with Crippen LogP contribution in [0.2, 0.25) is 0 Å². The number of aliphatic hydroxyl groups is 1. The molecule has 1 aliphatic rings. The molecule has 1 amide bonds. The third kappa shape index (κ3) is 4.47. The molecule has 11 heteroatoms. The van der Waals surface area contributed by atoms with Crippen LogP contribution in [0.15, 0.2) is 35.2 Å². The second-order valence-electron chi connectivity index (χ2n) is 7.25. The van der Waals surface area contributed by atoms with Gasteiger partial charge in [-0.05, 0) is 38.0 Å². The largest absolute Gasteiger partial charge is 0.390 e. The van der Waals surface area contributed by atoms with Gasteiger partial charge in [-0.2, -0.15) is 4.31 Å². The number of nitrogens with zero attached hydrogens (tertiary/aromatic N) is 1. The first-order chi connectivity index (χ1) is 13.9. The van der Waals surface area contributed by atoms with E-state index in [0.717, 1.165) is 22.5 Å². The first-order valence-corrected chi connectivity index (χ1v) is 10.3. The summed E-state index contributed by atoms with van der Waals surface area (Å²) in [6, 6.07) is 3.70. The molecule has 1 fully saturated rings. The lowest BCUT2D eigenvalue weighted by Gasteiger charge is -2.35. The molecule has 0 atom stereocenters. The number of amides is 1. The Morgan fingerprint density at radius 1 is 1.03 bits per heavy atom. The Hall–Kier alpha value is -2.50. The fraction of sp³-hybridized carbons (Fsp3) is 0.316. The van der Waals surface area contributed by atoms with Gasteiger partial charge >= 0.3 is 0 Å². The van der Waals surface area contributed by atoms with Crippen molar-refractivity contribution in [2.24, 2.45) is 0 Å². The summed E-state index contributed by atoms with van der Waals surface area (Å²) >= 11 is 0. The maximum Gasteiger partial charge on any atom is 0.255 e. The van der Waals surface area contributed by atoms with Gasteiger partial charge in [0.15, 0.2) is 17.5 Å². The summed E-state index contributed by atoms with van der Waals surface area (Å²) in [4.78, 5) is 11.6. The van der Waals surface area contributed by atoms with Crippen LogP contribution < -0.4 is 5.32 Å². The molecule has 2 aromatic carbocycles. The standard InChI is InChI=1S/C19H18F4N2O4S/c1-19(27)4-6-25(7-5-19)30(28,29)16-8-11(2-3-13(16)20)18(26)24-12-9-14(21)17(23)15(22)10-12/h2-3,8-10,27H,4-7H2,1H3,(H,24,26).